The lowest BCUT2D eigenvalue weighted by molar-refractivity contribution is -0.698. The Morgan fingerprint density at radius 1 is 0.500 bits per heavy atom. The zero-order chi connectivity index (χ0) is 37.5. The molecule has 0 bridgehead atoms. The fourth-order valence-corrected chi connectivity index (χ4v) is 6.28. The lowest BCUT2D eigenvalue weighted by atomic mass is 10.2. The number of hydrogen-bond donors (Lipinski definition) is 2. The van der Waals surface area contributed by atoms with Gasteiger partial charge in [-0.1, -0.05) is 10.2 Å². The van der Waals surface area contributed by atoms with Crippen LogP contribution in [0, 0.1) is 0 Å². The molecule has 0 spiro atoms. The molecule has 0 saturated heterocycles. The maximum Gasteiger partial charge on any atom is 0.421 e. The number of nitrogens with zero attached hydrogens (tertiary/aromatic N) is 12. The fraction of sp³-hybridized carbons (Fsp3) is 0.400. The van der Waals surface area contributed by atoms with Gasteiger partial charge in [0.05, 0.1) is 79.2 Å². The molecule has 0 aliphatic heterocycles. The first-order valence-corrected chi connectivity index (χ1v) is 19.0. The van der Waals surface area contributed by atoms with E-state index in [-0.39, 0.29) is 0 Å². The van der Waals surface area contributed by atoms with Crippen LogP contribution in [0.1, 0.15) is 38.5 Å². The number of nitrogens with one attached hydrogen (secondary N) is 2. The van der Waals surface area contributed by atoms with Gasteiger partial charge in [0.1, 0.15) is 36.2 Å². The van der Waals surface area contributed by atoms with Gasteiger partial charge in [0.25, 0.3) is 0 Å². The monoisotopic (exact) mass is 732 g/mol. The summed E-state index contributed by atoms with van der Waals surface area (Å²) in [6, 6.07) is 16.2. The second kappa shape index (κ2) is 19.2. The summed E-state index contributed by atoms with van der Waals surface area (Å²) in [6.07, 6.45) is 28.1. The van der Waals surface area contributed by atoms with Crippen LogP contribution < -0.4 is 28.9 Å². The molecule has 0 atom stereocenters. The predicted molar refractivity (Wildman–Crippen MR) is 208 cm³/mol. The first kappa shape index (κ1) is 37.8. The minimum atomic E-state index is 0.802. The topological polar surface area (TPSA) is 109 Å². The average Bonchev–Trinajstić information content (AvgIpc) is 3.98. The molecule has 6 aromatic rings. The number of unbranched alkanes of at least 4 members (excludes halogenated alkanes) is 3. The normalized spacial score (nSPS) is 11.7. The molecule has 4 heterocycles. The standard InChI is InChI=1S/C40H54N14/c1-47-25-26-48(2)39(47)45-43-37-15-11-35(12-16-37)41-19-9-23-53-31-29-51(33-53)21-7-5-6-8-22-52-30-32-54(34-52)24-10-20-42-36-13-17-38(18-14-36)44-46-40-49(3)27-28-50(40)4/h11-18,25-34H,5-10,19-24H2,1-4H3/q+2/p+2. The smallest absolute Gasteiger partial charge is 0.385 e. The van der Waals surface area contributed by atoms with Gasteiger partial charge in [-0.3, -0.25) is 0 Å². The summed E-state index contributed by atoms with van der Waals surface area (Å²) in [7, 11) is 7.85. The number of aromatic nitrogens is 8. The minimum absolute atomic E-state index is 0.802. The first-order valence-electron chi connectivity index (χ1n) is 19.0. The highest BCUT2D eigenvalue weighted by molar-refractivity contribution is 5.51. The van der Waals surface area contributed by atoms with Crippen molar-refractivity contribution in [1.29, 1.82) is 0 Å². The number of benzene rings is 2. The molecule has 54 heavy (non-hydrogen) atoms. The number of rotatable bonds is 21. The molecule has 6 rings (SSSR count). The summed E-state index contributed by atoms with van der Waals surface area (Å²) in [5.74, 6) is 1.60. The third-order valence-corrected chi connectivity index (χ3v) is 9.45. The lowest BCUT2D eigenvalue weighted by Gasteiger charge is -2.05. The van der Waals surface area contributed by atoms with Crippen molar-refractivity contribution in [3.8, 4) is 0 Å². The van der Waals surface area contributed by atoms with Crippen molar-refractivity contribution < 1.29 is 18.3 Å². The molecule has 0 aliphatic rings. The maximum absolute atomic E-state index is 4.37. The Morgan fingerprint density at radius 3 is 1.31 bits per heavy atom. The van der Waals surface area contributed by atoms with Gasteiger partial charge in [-0.15, -0.1) is 0 Å². The number of hydrogen-bond acceptors (Lipinski definition) is 6. The third kappa shape index (κ3) is 11.3. The zero-order valence-electron chi connectivity index (χ0n) is 32.2. The third-order valence-electron chi connectivity index (χ3n) is 9.45. The van der Waals surface area contributed by atoms with Gasteiger partial charge >= 0.3 is 11.9 Å². The largest absolute Gasteiger partial charge is 0.421 e. The highest BCUT2D eigenvalue weighted by Crippen LogP contribution is 2.20. The van der Waals surface area contributed by atoms with Crippen molar-refractivity contribution in [3.05, 3.63) is 111 Å². The van der Waals surface area contributed by atoms with Crippen molar-refractivity contribution in [1.82, 2.24) is 18.3 Å². The van der Waals surface area contributed by atoms with Crippen LogP contribution in [0.25, 0.3) is 0 Å². The van der Waals surface area contributed by atoms with E-state index in [9.17, 15) is 0 Å². The van der Waals surface area contributed by atoms with Crippen molar-refractivity contribution >= 4 is 34.6 Å². The Labute approximate surface area is 318 Å². The summed E-state index contributed by atoms with van der Waals surface area (Å²) >= 11 is 0. The Bertz CT molecular complexity index is 1890. The van der Waals surface area contributed by atoms with Crippen LogP contribution in [-0.4, -0.2) is 31.4 Å². The molecule has 282 valence electrons. The van der Waals surface area contributed by atoms with E-state index in [1.807, 2.05) is 95.5 Å². The number of azo groups is 2. The lowest BCUT2D eigenvalue weighted by Crippen LogP contribution is -2.31. The van der Waals surface area contributed by atoms with Crippen LogP contribution in [0.3, 0.4) is 0 Å². The van der Waals surface area contributed by atoms with E-state index in [1.54, 1.807) is 0 Å². The number of anilines is 2. The van der Waals surface area contributed by atoms with E-state index in [0.717, 1.165) is 86.8 Å². The van der Waals surface area contributed by atoms with E-state index >= 15 is 0 Å². The van der Waals surface area contributed by atoms with Crippen molar-refractivity contribution in [3.63, 3.8) is 0 Å². The molecule has 0 aliphatic carbocycles. The van der Waals surface area contributed by atoms with Crippen LogP contribution >= 0.6 is 0 Å². The summed E-state index contributed by atoms with van der Waals surface area (Å²) in [5.41, 5.74) is 3.86. The first-order chi connectivity index (χ1) is 26.4. The van der Waals surface area contributed by atoms with E-state index in [0.29, 0.717) is 0 Å². The molecule has 0 fully saturated rings. The predicted octanol–water partition coefficient (Wildman–Crippen LogP) is 6.29. The van der Waals surface area contributed by atoms with Gasteiger partial charge in [-0.2, -0.15) is 0 Å². The van der Waals surface area contributed by atoms with Gasteiger partial charge in [0.2, 0.25) is 12.7 Å². The van der Waals surface area contributed by atoms with Crippen LogP contribution in [0.15, 0.2) is 131 Å². The Kier molecular flexibility index (Phi) is 13.5. The van der Waals surface area contributed by atoms with Crippen molar-refractivity contribution in [2.75, 3.05) is 23.7 Å². The second-order valence-electron chi connectivity index (χ2n) is 13.9. The molecule has 0 radical (unpaired) electrons. The van der Waals surface area contributed by atoms with Gasteiger partial charge in [0.15, 0.2) is 0 Å². The van der Waals surface area contributed by atoms with Crippen molar-refractivity contribution in [2.24, 2.45) is 48.6 Å². The van der Waals surface area contributed by atoms with E-state index < -0.39 is 0 Å². The Morgan fingerprint density at radius 2 is 0.926 bits per heavy atom. The Hall–Kier alpha value is -5.92. The molecule has 0 amide bonds. The van der Waals surface area contributed by atoms with Gasteiger partial charge in [-0.25, -0.2) is 36.5 Å². The zero-order valence-corrected chi connectivity index (χ0v) is 32.2. The quantitative estimate of drug-likeness (QED) is 0.0516. The van der Waals surface area contributed by atoms with Gasteiger partial charge in [0, 0.05) is 47.5 Å². The molecule has 0 unspecified atom stereocenters. The van der Waals surface area contributed by atoms with Crippen LogP contribution in [0.4, 0.5) is 34.6 Å². The van der Waals surface area contributed by atoms with E-state index in [2.05, 4.69) is 111 Å². The summed E-state index contributed by atoms with van der Waals surface area (Å²) in [4.78, 5) is 0. The van der Waals surface area contributed by atoms with Gasteiger partial charge < -0.3 is 10.6 Å². The summed E-state index contributed by atoms with van der Waals surface area (Å²) in [6.45, 7) is 5.94. The molecule has 4 aromatic heterocycles. The molecule has 14 nitrogen and oxygen atoms in total. The van der Waals surface area contributed by atoms with E-state index in [1.165, 1.54) is 25.7 Å². The molecular formula is C40H56N14+4. The molecule has 0 saturated carbocycles. The van der Waals surface area contributed by atoms with E-state index in [4.69, 9.17) is 0 Å². The highest BCUT2D eigenvalue weighted by Gasteiger charge is 2.12. The Balaban J connectivity index is 0.781. The maximum atomic E-state index is 4.37. The SMILES string of the molecule is Cn1cc[n+](C)c1/N=N/c1ccc(NCCCn2cc[n+](CCCCCC[n+]3ccn(CCCNc4ccc(/N=N/c5n(C)cc[n+]5C)cc4)c3)c2)cc1. The number of imidazole rings is 4. The second-order valence-corrected chi connectivity index (χ2v) is 13.9. The highest BCUT2D eigenvalue weighted by atomic mass is 15.3. The van der Waals surface area contributed by atoms with Crippen LogP contribution in [0.5, 0.6) is 0 Å². The molecule has 2 N–H and O–H groups in total. The fourth-order valence-electron chi connectivity index (χ4n) is 6.28. The molecule has 2 aromatic carbocycles. The number of aryl methyl sites for hydroxylation is 8. The molecule has 14 heteroatoms. The van der Waals surface area contributed by atoms with Crippen molar-refractivity contribution in [2.45, 2.75) is 64.7 Å². The summed E-state index contributed by atoms with van der Waals surface area (Å²) < 4.78 is 17.0. The average molecular weight is 733 g/mol. The van der Waals surface area contributed by atoms with Gasteiger partial charge in [-0.05, 0) is 74.2 Å². The van der Waals surface area contributed by atoms with Crippen LogP contribution in [0.2, 0.25) is 0 Å². The molecular weight excluding hydrogens is 677 g/mol. The summed E-state index contributed by atoms with van der Waals surface area (Å²) in [5, 5.41) is 24.5. The minimum Gasteiger partial charge on any atom is -0.385 e. The van der Waals surface area contributed by atoms with Crippen LogP contribution in [-0.2, 0) is 54.4 Å².